The van der Waals surface area contributed by atoms with Gasteiger partial charge in [-0.1, -0.05) is 6.42 Å². The van der Waals surface area contributed by atoms with Gasteiger partial charge in [0.25, 0.3) is 0 Å². The van der Waals surface area contributed by atoms with Crippen LogP contribution in [0, 0.1) is 11.8 Å². The van der Waals surface area contributed by atoms with E-state index in [2.05, 4.69) is 12.2 Å². The van der Waals surface area contributed by atoms with E-state index in [1.54, 1.807) is 0 Å². The van der Waals surface area contributed by atoms with Crippen molar-refractivity contribution < 1.29 is 9.53 Å². The summed E-state index contributed by atoms with van der Waals surface area (Å²) in [6.07, 6.45) is 3.99. The first-order valence-corrected chi connectivity index (χ1v) is 6.79. The molecule has 2 heterocycles. The molecule has 2 aliphatic heterocycles. The number of carbonyl (C=O) groups excluding carboxylic acids is 1. The Kier molecular flexibility index (Phi) is 2.87. The van der Waals surface area contributed by atoms with Crippen LogP contribution in [-0.4, -0.2) is 49.2 Å². The highest BCUT2D eigenvalue weighted by Gasteiger charge is 2.39. The highest BCUT2D eigenvalue weighted by Crippen LogP contribution is 2.37. The molecule has 2 saturated heterocycles. The van der Waals surface area contributed by atoms with Gasteiger partial charge in [-0.15, -0.1) is 0 Å². The summed E-state index contributed by atoms with van der Waals surface area (Å²) >= 11 is 0. The summed E-state index contributed by atoms with van der Waals surface area (Å²) in [7, 11) is 0. The second-order valence-electron chi connectivity index (χ2n) is 6.09. The summed E-state index contributed by atoms with van der Waals surface area (Å²) in [5.74, 6) is 1.74. The maximum absolute atomic E-state index is 12.0. The fourth-order valence-corrected chi connectivity index (χ4v) is 3.35. The monoisotopic (exact) mass is 238 g/mol. The number of rotatable bonds is 3. The molecule has 0 aromatic rings. The molecule has 1 aliphatic carbocycles. The lowest BCUT2D eigenvalue weighted by atomic mass is 10.0. The van der Waals surface area contributed by atoms with Gasteiger partial charge in [-0.25, -0.2) is 0 Å². The van der Waals surface area contributed by atoms with Gasteiger partial charge in [0.2, 0.25) is 5.91 Å². The summed E-state index contributed by atoms with van der Waals surface area (Å²) in [6.45, 7) is 6.01. The van der Waals surface area contributed by atoms with E-state index in [0.29, 0.717) is 0 Å². The van der Waals surface area contributed by atoms with Crippen LogP contribution in [-0.2, 0) is 9.53 Å². The lowest BCUT2D eigenvalue weighted by Gasteiger charge is -2.39. The van der Waals surface area contributed by atoms with Gasteiger partial charge in [0.15, 0.2) is 0 Å². The summed E-state index contributed by atoms with van der Waals surface area (Å²) in [5, 5.41) is 3.18. The molecule has 1 N–H and O–H groups in total. The predicted octanol–water partition coefficient (Wildman–Crippen LogP) is 0.623. The van der Waals surface area contributed by atoms with E-state index in [1.807, 2.05) is 4.90 Å². The van der Waals surface area contributed by atoms with Crippen LogP contribution in [0.4, 0.5) is 0 Å². The van der Waals surface area contributed by atoms with Gasteiger partial charge >= 0.3 is 0 Å². The first-order valence-electron chi connectivity index (χ1n) is 6.79. The van der Waals surface area contributed by atoms with E-state index in [1.165, 1.54) is 19.3 Å². The molecular formula is C13H22N2O2. The fourth-order valence-electron chi connectivity index (χ4n) is 3.35. The van der Waals surface area contributed by atoms with Crippen molar-refractivity contribution in [2.24, 2.45) is 11.8 Å². The second kappa shape index (κ2) is 4.25. The number of likely N-dealkylation sites (tertiary alicyclic amines) is 1. The van der Waals surface area contributed by atoms with E-state index < -0.39 is 0 Å². The standard InChI is InChI=1S/C13H22N2O2/c1-13(8-14-9-13)17-7-12(16)15-5-10-3-2-4-11(10)6-15/h10-11,14H,2-9H2,1H3. The van der Waals surface area contributed by atoms with Crippen LogP contribution < -0.4 is 5.32 Å². The van der Waals surface area contributed by atoms with Gasteiger partial charge in [-0.3, -0.25) is 4.79 Å². The van der Waals surface area contributed by atoms with E-state index >= 15 is 0 Å². The molecule has 0 aromatic heterocycles. The van der Waals surface area contributed by atoms with E-state index in [-0.39, 0.29) is 18.1 Å². The molecule has 0 bridgehead atoms. The zero-order chi connectivity index (χ0) is 11.9. The summed E-state index contributed by atoms with van der Waals surface area (Å²) in [5.41, 5.74) is -0.106. The molecule has 0 radical (unpaired) electrons. The van der Waals surface area contributed by atoms with Crippen molar-refractivity contribution in [3.8, 4) is 0 Å². The van der Waals surface area contributed by atoms with E-state index in [0.717, 1.165) is 38.0 Å². The Morgan fingerprint density at radius 2 is 2.00 bits per heavy atom. The molecule has 0 spiro atoms. The van der Waals surface area contributed by atoms with Crippen LogP contribution in [0.1, 0.15) is 26.2 Å². The van der Waals surface area contributed by atoms with Crippen molar-refractivity contribution in [2.45, 2.75) is 31.8 Å². The average molecular weight is 238 g/mol. The molecule has 3 rings (SSSR count). The Hall–Kier alpha value is -0.610. The van der Waals surface area contributed by atoms with Crippen molar-refractivity contribution in [3.05, 3.63) is 0 Å². The molecule has 4 heteroatoms. The van der Waals surface area contributed by atoms with Gasteiger partial charge in [0, 0.05) is 26.2 Å². The molecule has 3 aliphatic rings. The van der Waals surface area contributed by atoms with Crippen molar-refractivity contribution in [1.29, 1.82) is 0 Å². The minimum Gasteiger partial charge on any atom is -0.363 e. The number of fused-ring (bicyclic) bond motifs is 1. The average Bonchev–Trinajstić information content (AvgIpc) is 2.82. The smallest absolute Gasteiger partial charge is 0.248 e. The summed E-state index contributed by atoms with van der Waals surface area (Å²) in [4.78, 5) is 14.1. The fraction of sp³-hybridized carbons (Fsp3) is 0.923. The van der Waals surface area contributed by atoms with Gasteiger partial charge in [-0.2, -0.15) is 0 Å². The highest BCUT2D eigenvalue weighted by molar-refractivity contribution is 5.77. The normalized spacial score (nSPS) is 34.5. The zero-order valence-electron chi connectivity index (χ0n) is 10.6. The number of nitrogens with one attached hydrogen (secondary N) is 1. The van der Waals surface area contributed by atoms with E-state index in [4.69, 9.17) is 4.74 Å². The van der Waals surface area contributed by atoms with Gasteiger partial charge in [0.05, 0.1) is 5.60 Å². The Labute approximate surface area is 103 Å². The number of carbonyl (C=O) groups is 1. The minimum absolute atomic E-state index is 0.106. The predicted molar refractivity (Wildman–Crippen MR) is 64.6 cm³/mol. The first-order chi connectivity index (χ1) is 8.16. The molecule has 96 valence electrons. The molecule has 17 heavy (non-hydrogen) atoms. The highest BCUT2D eigenvalue weighted by atomic mass is 16.5. The molecule has 3 fully saturated rings. The quantitative estimate of drug-likeness (QED) is 0.784. The van der Waals surface area contributed by atoms with Crippen molar-refractivity contribution >= 4 is 5.91 Å². The number of hydrogen-bond acceptors (Lipinski definition) is 3. The van der Waals surface area contributed by atoms with Crippen LogP contribution in [0.5, 0.6) is 0 Å². The molecule has 4 nitrogen and oxygen atoms in total. The third-order valence-corrected chi connectivity index (χ3v) is 4.62. The lowest BCUT2D eigenvalue weighted by molar-refractivity contribution is -0.145. The number of ether oxygens (including phenoxy) is 1. The Morgan fingerprint density at radius 3 is 2.53 bits per heavy atom. The maximum Gasteiger partial charge on any atom is 0.248 e. The number of amides is 1. The summed E-state index contributed by atoms with van der Waals surface area (Å²) < 4.78 is 5.71. The largest absolute Gasteiger partial charge is 0.363 e. The van der Waals surface area contributed by atoms with Crippen molar-refractivity contribution in [2.75, 3.05) is 32.8 Å². The van der Waals surface area contributed by atoms with Crippen molar-refractivity contribution in [1.82, 2.24) is 10.2 Å². The Morgan fingerprint density at radius 1 is 1.35 bits per heavy atom. The van der Waals surface area contributed by atoms with E-state index in [9.17, 15) is 4.79 Å². The molecular weight excluding hydrogens is 216 g/mol. The van der Waals surface area contributed by atoms with Crippen LogP contribution in [0.15, 0.2) is 0 Å². The lowest BCUT2D eigenvalue weighted by Crippen LogP contribution is -2.59. The van der Waals surface area contributed by atoms with Crippen LogP contribution in [0.2, 0.25) is 0 Å². The molecule has 2 atom stereocenters. The number of nitrogens with zero attached hydrogens (tertiary/aromatic N) is 1. The first kappa shape index (κ1) is 11.5. The van der Waals surface area contributed by atoms with Gasteiger partial charge in [-0.05, 0) is 31.6 Å². The zero-order valence-corrected chi connectivity index (χ0v) is 10.6. The SMILES string of the molecule is CC1(OCC(=O)N2CC3CCCC3C2)CNC1. The van der Waals surface area contributed by atoms with Gasteiger partial charge in [0.1, 0.15) is 6.61 Å². The van der Waals surface area contributed by atoms with Crippen LogP contribution in [0.25, 0.3) is 0 Å². The Bertz CT molecular complexity index is 303. The molecule has 1 saturated carbocycles. The minimum atomic E-state index is -0.106. The third kappa shape index (κ3) is 2.20. The number of hydrogen-bond donors (Lipinski definition) is 1. The molecule has 2 unspecified atom stereocenters. The van der Waals surface area contributed by atoms with Gasteiger partial charge < -0.3 is 15.0 Å². The Balaban J connectivity index is 1.47. The summed E-state index contributed by atoms with van der Waals surface area (Å²) in [6, 6.07) is 0. The topological polar surface area (TPSA) is 41.6 Å². The van der Waals surface area contributed by atoms with Crippen LogP contribution >= 0.6 is 0 Å². The maximum atomic E-state index is 12.0. The molecule has 1 amide bonds. The van der Waals surface area contributed by atoms with Crippen LogP contribution in [0.3, 0.4) is 0 Å². The molecule has 0 aromatic carbocycles. The second-order valence-corrected chi connectivity index (χ2v) is 6.09. The third-order valence-electron chi connectivity index (χ3n) is 4.62. The van der Waals surface area contributed by atoms with Crippen molar-refractivity contribution in [3.63, 3.8) is 0 Å².